The van der Waals surface area contributed by atoms with Crippen LogP contribution in [0.3, 0.4) is 0 Å². The van der Waals surface area contributed by atoms with Gasteiger partial charge in [0.2, 0.25) is 0 Å². The third-order valence-electron chi connectivity index (χ3n) is 15.2. The van der Waals surface area contributed by atoms with Gasteiger partial charge in [0.1, 0.15) is 12.2 Å². The van der Waals surface area contributed by atoms with Crippen molar-refractivity contribution in [3.63, 3.8) is 0 Å². The van der Waals surface area contributed by atoms with Crippen molar-refractivity contribution in [3.05, 3.63) is 41.5 Å². The molecule has 7 heteroatoms. The summed E-state index contributed by atoms with van der Waals surface area (Å²) in [6.07, 6.45) is 16.8. The van der Waals surface area contributed by atoms with E-state index in [4.69, 9.17) is 18.9 Å². The summed E-state index contributed by atoms with van der Waals surface area (Å²) in [4.78, 5) is 36.7. The molecular weight excluding hydrogens is 640 g/mol. The van der Waals surface area contributed by atoms with E-state index in [1.54, 1.807) is 36.8 Å². The van der Waals surface area contributed by atoms with Crippen LogP contribution in [0.15, 0.2) is 35.9 Å². The third-order valence-corrected chi connectivity index (χ3v) is 15.2. The smallest absolute Gasteiger partial charge is 0.331 e. The molecule has 6 rings (SSSR count). The standard InChI is InChI=1S/C44H62O7/c1-27(45)49-32-15-11-29(25-33(32)48-10)12-18-39(47)51-38-21-24-44(9)35(41(38,5)6)19-22-42(7)26-30-13-16-34-40(3,4)37(50-28(2)46)20-23-43(34,8)31(30)14-17-36(42)44/h11-13,15,18,25,31,34-38H,14,16-17,19-24,26H2,1-10H3/t31-,34+,35-,36-,37-,38-,42-,43+,44-/m0/s1. The van der Waals surface area contributed by atoms with Crippen LogP contribution < -0.4 is 9.47 Å². The van der Waals surface area contributed by atoms with Gasteiger partial charge in [-0.25, -0.2) is 4.79 Å². The van der Waals surface area contributed by atoms with E-state index in [9.17, 15) is 14.4 Å². The van der Waals surface area contributed by atoms with Gasteiger partial charge in [-0.2, -0.15) is 0 Å². The number of methoxy groups -OCH3 is 1. The number of carbonyl (C=O) groups is 3. The largest absolute Gasteiger partial charge is 0.493 e. The Balaban J connectivity index is 1.17. The second kappa shape index (κ2) is 13.4. The quantitative estimate of drug-likeness (QED) is 0.126. The molecule has 0 saturated heterocycles. The van der Waals surface area contributed by atoms with E-state index in [2.05, 4.69) is 54.5 Å². The van der Waals surface area contributed by atoms with Crippen LogP contribution >= 0.6 is 0 Å². The summed E-state index contributed by atoms with van der Waals surface area (Å²) in [6, 6.07) is 5.20. The molecule has 1 aromatic carbocycles. The number of hydrogen-bond acceptors (Lipinski definition) is 7. The van der Waals surface area contributed by atoms with Crippen molar-refractivity contribution in [1.29, 1.82) is 0 Å². The maximum Gasteiger partial charge on any atom is 0.331 e. The van der Waals surface area contributed by atoms with Crippen LogP contribution in [-0.2, 0) is 23.9 Å². The summed E-state index contributed by atoms with van der Waals surface area (Å²) in [5, 5.41) is 0. The molecule has 4 saturated carbocycles. The van der Waals surface area contributed by atoms with E-state index in [0.29, 0.717) is 35.2 Å². The number of hydrogen-bond donors (Lipinski definition) is 0. The van der Waals surface area contributed by atoms with Crippen LogP contribution in [0.5, 0.6) is 11.5 Å². The molecule has 5 aliphatic carbocycles. The van der Waals surface area contributed by atoms with Crippen molar-refractivity contribution in [3.8, 4) is 11.5 Å². The number of allylic oxidation sites excluding steroid dienone is 2. The van der Waals surface area contributed by atoms with Crippen LogP contribution in [-0.4, -0.2) is 37.2 Å². The molecule has 51 heavy (non-hydrogen) atoms. The Kier molecular flexibility index (Phi) is 9.89. The summed E-state index contributed by atoms with van der Waals surface area (Å²) in [5.74, 6) is 2.01. The first-order chi connectivity index (χ1) is 23.8. The zero-order chi connectivity index (χ0) is 37.1. The zero-order valence-electron chi connectivity index (χ0n) is 32.9. The molecule has 1 aromatic rings. The molecule has 0 N–H and O–H groups in total. The van der Waals surface area contributed by atoms with Crippen LogP contribution in [0.4, 0.5) is 0 Å². The first-order valence-electron chi connectivity index (χ1n) is 19.5. The van der Waals surface area contributed by atoms with Crippen molar-refractivity contribution >= 4 is 24.0 Å². The van der Waals surface area contributed by atoms with Gasteiger partial charge in [-0.05, 0) is 128 Å². The lowest BCUT2D eigenvalue weighted by molar-refractivity contribution is -0.190. The van der Waals surface area contributed by atoms with Gasteiger partial charge in [-0.15, -0.1) is 0 Å². The van der Waals surface area contributed by atoms with E-state index in [0.717, 1.165) is 44.1 Å². The SMILES string of the molecule is COc1cc(C=CC(=O)O[C@H]2CC[C@@]3(C)[C@@H](CC[C@@]4(C)CC5=CC[C@@H]6C(C)(C)[C@@H](OC(C)=O)CC[C@]6(C)[C@H]5CC[C@@H]43)C2(C)C)ccc1OC(C)=O. The van der Waals surface area contributed by atoms with Gasteiger partial charge in [0, 0.05) is 30.8 Å². The van der Waals surface area contributed by atoms with Crippen molar-refractivity contribution in [2.24, 2.45) is 50.7 Å². The lowest BCUT2D eigenvalue weighted by Crippen LogP contribution is -2.59. The van der Waals surface area contributed by atoms with Gasteiger partial charge in [0.15, 0.2) is 11.5 Å². The summed E-state index contributed by atoms with van der Waals surface area (Å²) < 4.78 is 22.8. The van der Waals surface area contributed by atoms with Crippen LogP contribution in [0, 0.1) is 50.7 Å². The number of esters is 3. The zero-order valence-corrected chi connectivity index (χ0v) is 32.9. The minimum Gasteiger partial charge on any atom is -0.493 e. The van der Waals surface area contributed by atoms with Gasteiger partial charge < -0.3 is 18.9 Å². The lowest BCUT2D eigenvalue weighted by atomic mass is 9.42. The highest BCUT2D eigenvalue weighted by molar-refractivity contribution is 5.87. The number of rotatable bonds is 6. The fourth-order valence-electron chi connectivity index (χ4n) is 12.9. The van der Waals surface area contributed by atoms with Crippen molar-refractivity contribution < 1.29 is 33.3 Å². The molecule has 4 fully saturated rings. The minimum atomic E-state index is -0.420. The molecule has 7 nitrogen and oxygen atoms in total. The number of ether oxygens (including phenoxy) is 4. The van der Waals surface area contributed by atoms with Crippen molar-refractivity contribution in [2.75, 3.05) is 7.11 Å². The van der Waals surface area contributed by atoms with E-state index in [1.165, 1.54) is 45.8 Å². The van der Waals surface area contributed by atoms with E-state index in [-0.39, 0.29) is 51.2 Å². The highest BCUT2D eigenvalue weighted by Crippen LogP contribution is 2.70. The Bertz CT molecular complexity index is 1600. The van der Waals surface area contributed by atoms with Crippen LogP contribution in [0.25, 0.3) is 6.08 Å². The fraction of sp³-hybridized carbons (Fsp3) is 0.705. The molecule has 0 aliphatic heterocycles. The van der Waals surface area contributed by atoms with E-state index >= 15 is 0 Å². The molecular formula is C44H62O7. The number of benzene rings is 1. The highest BCUT2D eigenvalue weighted by Gasteiger charge is 2.64. The molecule has 0 radical (unpaired) electrons. The van der Waals surface area contributed by atoms with Crippen molar-refractivity contribution in [1.82, 2.24) is 0 Å². The topological polar surface area (TPSA) is 88.1 Å². The molecule has 280 valence electrons. The van der Waals surface area contributed by atoms with Gasteiger partial charge in [0.25, 0.3) is 0 Å². The Morgan fingerprint density at radius 3 is 2.06 bits per heavy atom. The third kappa shape index (κ3) is 6.58. The first kappa shape index (κ1) is 37.7. The molecule has 0 bridgehead atoms. The predicted molar refractivity (Wildman–Crippen MR) is 199 cm³/mol. The minimum absolute atomic E-state index is 0.0145. The second-order valence-electron chi connectivity index (χ2n) is 18.8. The van der Waals surface area contributed by atoms with Crippen molar-refractivity contribution in [2.45, 2.75) is 139 Å². The Labute approximate surface area is 306 Å². The predicted octanol–water partition coefficient (Wildman–Crippen LogP) is 9.91. The highest BCUT2D eigenvalue weighted by atomic mass is 16.6. The van der Waals surface area contributed by atoms with E-state index in [1.807, 2.05) is 0 Å². The Morgan fingerprint density at radius 2 is 1.39 bits per heavy atom. The molecule has 0 amide bonds. The molecule has 0 aromatic heterocycles. The maximum absolute atomic E-state index is 13.3. The maximum atomic E-state index is 13.3. The molecule has 0 unspecified atom stereocenters. The summed E-state index contributed by atoms with van der Waals surface area (Å²) in [7, 11) is 1.52. The Hall–Kier alpha value is -3.09. The molecule has 9 atom stereocenters. The summed E-state index contributed by atoms with van der Waals surface area (Å²) >= 11 is 0. The second-order valence-corrected chi connectivity index (χ2v) is 18.8. The Morgan fingerprint density at radius 1 is 0.725 bits per heavy atom. The number of fused-ring (bicyclic) bond motifs is 6. The van der Waals surface area contributed by atoms with Gasteiger partial charge >= 0.3 is 17.9 Å². The first-order valence-corrected chi connectivity index (χ1v) is 19.5. The summed E-state index contributed by atoms with van der Waals surface area (Å²) in [5.41, 5.74) is 2.90. The molecule has 5 aliphatic rings. The monoisotopic (exact) mass is 702 g/mol. The average Bonchev–Trinajstić information content (AvgIpc) is 3.20. The normalized spacial score (nSPS) is 38.0. The number of carbonyl (C=O) groups excluding carboxylic acids is 3. The summed E-state index contributed by atoms with van der Waals surface area (Å²) in [6.45, 7) is 20.0. The van der Waals surface area contributed by atoms with Gasteiger partial charge in [-0.1, -0.05) is 66.2 Å². The van der Waals surface area contributed by atoms with Crippen LogP contribution in [0.1, 0.15) is 132 Å². The van der Waals surface area contributed by atoms with Gasteiger partial charge in [0.05, 0.1) is 7.11 Å². The molecule has 0 heterocycles. The van der Waals surface area contributed by atoms with Crippen LogP contribution in [0.2, 0.25) is 0 Å². The lowest BCUT2D eigenvalue weighted by Gasteiger charge is -2.64. The molecule has 0 spiro atoms. The fourth-order valence-corrected chi connectivity index (χ4v) is 12.9. The van der Waals surface area contributed by atoms with E-state index < -0.39 is 5.97 Å². The average molecular weight is 703 g/mol. The van der Waals surface area contributed by atoms with Gasteiger partial charge in [-0.3, -0.25) is 9.59 Å².